The number of ether oxygens (including phenoxy) is 2. The van der Waals surface area contributed by atoms with E-state index in [1.165, 1.54) is 0 Å². The molecule has 4 heteroatoms. The van der Waals surface area contributed by atoms with Gasteiger partial charge in [-0.15, -0.1) is 0 Å². The molecule has 0 unspecified atom stereocenters. The molecule has 0 aliphatic heterocycles. The van der Waals surface area contributed by atoms with E-state index >= 15 is 0 Å². The first-order valence-corrected chi connectivity index (χ1v) is 6.83. The maximum absolute atomic E-state index is 5.97. The average molecular weight is 272 g/mol. The Morgan fingerprint density at radius 3 is 2.44 bits per heavy atom. The Labute approximate surface area is 115 Å². The zero-order chi connectivity index (χ0) is 13.2. The molecule has 1 aromatic rings. The average Bonchev–Trinajstić information content (AvgIpc) is 2.40. The number of nitrogens with zero attached hydrogens (tertiary/aromatic N) is 1. The second-order valence-electron chi connectivity index (χ2n) is 3.92. The number of rotatable bonds is 9. The van der Waals surface area contributed by atoms with Gasteiger partial charge >= 0.3 is 0 Å². The second-order valence-corrected chi connectivity index (χ2v) is 4.33. The summed E-state index contributed by atoms with van der Waals surface area (Å²) < 4.78 is 11.0. The molecule has 102 valence electrons. The lowest BCUT2D eigenvalue weighted by atomic mass is 10.3. The van der Waals surface area contributed by atoms with Gasteiger partial charge in [-0.3, -0.25) is 0 Å². The van der Waals surface area contributed by atoms with Crippen molar-refractivity contribution in [2.75, 3.05) is 39.5 Å². The highest BCUT2D eigenvalue weighted by Gasteiger charge is 2.00. The van der Waals surface area contributed by atoms with Gasteiger partial charge in [0.1, 0.15) is 12.4 Å². The van der Waals surface area contributed by atoms with Crippen LogP contribution in [0.5, 0.6) is 5.75 Å². The van der Waals surface area contributed by atoms with Crippen LogP contribution in [0.25, 0.3) is 0 Å². The van der Waals surface area contributed by atoms with Crippen LogP contribution in [0.3, 0.4) is 0 Å². The Morgan fingerprint density at radius 1 is 1.06 bits per heavy atom. The molecule has 0 radical (unpaired) electrons. The summed E-state index contributed by atoms with van der Waals surface area (Å²) in [4.78, 5) is 2.33. The van der Waals surface area contributed by atoms with Crippen molar-refractivity contribution in [3.8, 4) is 5.75 Å². The van der Waals surface area contributed by atoms with Crippen LogP contribution in [0.2, 0.25) is 5.02 Å². The van der Waals surface area contributed by atoms with E-state index in [9.17, 15) is 0 Å². The Balaban J connectivity index is 2.07. The van der Waals surface area contributed by atoms with E-state index in [1.54, 1.807) is 0 Å². The minimum absolute atomic E-state index is 0.530. The van der Waals surface area contributed by atoms with E-state index < -0.39 is 0 Å². The molecule has 0 fully saturated rings. The van der Waals surface area contributed by atoms with Crippen molar-refractivity contribution in [3.63, 3.8) is 0 Å². The van der Waals surface area contributed by atoms with Crippen molar-refractivity contribution < 1.29 is 9.47 Å². The highest BCUT2D eigenvalue weighted by molar-refractivity contribution is 6.32. The molecule has 0 saturated heterocycles. The van der Waals surface area contributed by atoms with Crippen molar-refractivity contribution >= 4 is 11.6 Å². The zero-order valence-corrected chi connectivity index (χ0v) is 11.9. The number of benzene rings is 1. The van der Waals surface area contributed by atoms with E-state index in [0.717, 1.165) is 26.2 Å². The van der Waals surface area contributed by atoms with Gasteiger partial charge in [-0.05, 0) is 25.2 Å². The fourth-order valence-electron chi connectivity index (χ4n) is 1.61. The van der Waals surface area contributed by atoms with Crippen LogP contribution in [-0.4, -0.2) is 44.4 Å². The number of halogens is 1. The summed E-state index contributed by atoms with van der Waals surface area (Å²) in [5, 5.41) is 0.639. The molecule has 1 rings (SSSR count). The van der Waals surface area contributed by atoms with Crippen LogP contribution in [0, 0.1) is 0 Å². The lowest BCUT2D eigenvalue weighted by molar-refractivity contribution is 0.0819. The molecule has 3 nitrogen and oxygen atoms in total. The van der Waals surface area contributed by atoms with Gasteiger partial charge in [-0.2, -0.15) is 0 Å². The SMILES string of the molecule is CCN(CC)CCOCCOc1ccccc1Cl. The molecule has 0 N–H and O–H groups in total. The van der Waals surface area contributed by atoms with Crippen molar-refractivity contribution in [2.45, 2.75) is 13.8 Å². The molecule has 1 aromatic carbocycles. The first kappa shape index (κ1) is 15.3. The van der Waals surface area contributed by atoms with Gasteiger partial charge in [0, 0.05) is 6.54 Å². The number of likely N-dealkylation sites (N-methyl/N-ethyl adjacent to an activating group) is 1. The highest BCUT2D eigenvalue weighted by Crippen LogP contribution is 2.22. The molecule has 0 atom stereocenters. The largest absolute Gasteiger partial charge is 0.490 e. The molecule has 0 amide bonds. The minimum Gasteiger partial charge on any atom is -0.490 e. The van der Waals surface area contributed by atoms with Crippen molar-refractivity contribution in [1.82, 2.24) is 4.90 Å². The van der Waals surface area contributed by atoms with E-state index in [2.05, 4.69) is 18.7 Å². The predicted molar refractivity (Wildman–Crippen MR) is 75.6 cm³/mol. The summed E-state index contributed by atoms with van der Waals surface area (Å²) in [6, 6.07) is 7.47. The van der Waals surface area contributed by atoms with E-state index in [-0.39, 0.29) is 0 Å². The number of hydrogen-bond acceptors (Lipinski definition) is 3. The highest BCUT2D eigenvalue weighted by atomic mass is 35.5. The molecular weight excluding hydrogens is 250 g/mol. The Kier molecular flexibility index (Phi) is 7.81. The monoisotopic (exact) mass is 271 g/mol. The van der Waals surface area contributed by atoms with E-state index in [1.807, 2.05) is 24.3 Å². The Hall–Kier alpha value is -0.770. The van der Waals surface area contributed by atoms with E-state index in [4.69, 9.17) is 21.1 Å². The second kappa shape index (κ2) is 9.20. The first-order valence-electron chi connectivity index (χ1n) is 6.45. The standard InChI is InChI=1S/C14H22ClNO2/c1-3-16(4-2)9-10-17-11-12-18-14-8-6-5-7-13(14)15/h5-8H,3-4,9-12H2,1-2H3. The Bertz CT molecular complexity index is 329. The smallest absolute Gasteiger partial charge is 0.138 e. The lowest BCUT2D eigenvalue weighted by Gasteiger charge is -2.17. The van der Waals surface area contributed by atoms with Crippen LogP contribution in [0.4, 0.5) is 0 Å². The van der Waals surface area contributed by atoms with Gasteiger partial charge in [0.25, 0.3) is 0 Å². The Morgan fingerprint density at radius 2 is 1.78 bits per heavy atom. The van der Waals surface area contributed by atoms with Crippen LogP contribution < -0.4 is 4.74 Å². The molecule has 0 aliphatic carbocycles. The lowest BCUT2D eigenvalue weighted by Crippen LogP contribution is -2.27. The molecular formula is C14H22ClNO2. The number of hydrogen-bond donors (Lipinski definition) is 0. The van der Waals surface area contributed by atoms with Crippen LogP contribution in [0.1, 0.15) is 13.8 Å². The maximum atomic E-state index is 5.97. The van der Waals surface area contributed by atoms with Gasteiger partial charge in [-0.1, -0.05) is 37.6 Å². The van der Waals surface area contributed by atoms with Crippen molar-refractivity contribution in [3.05, 3.63) is 29.3 Å². The quantitative estimate of drug-likeness (QED) is 0.645. The molecule has 0 bridgehead atoms. The molecule has 0 heterocycles. The van der Waals surface area contributed by atoms with Gasteiger partial charge in [0.05, 0.1) is 18.2 Å². The van der Waals surface area contributed by atoms with E-state index in [0.29, 0.717) is 24.0 Å². The van der Waals surface area contributed by atoms with Crippen LogP contribution in [-0.2, 0) is 4.74 Å². The summed E-state index contributed by atoms with van der Waals surface area (Å²) in [5.41, 5.74) is 0. The predicted octanol–water partition coefficient (Wildman–Crippen LogP) is 3.08. The first-order chi connectivity index (χ1) is 8.77. The molecule has 0 saturated carbocycles. The summed E-state index contributed by atoms with van der Waals surface area (Å²) in [7, 11) is 0. The molecule has 18 heavy (non-hydrogen) atoms. The fraction of sp³-hybridized carbons (Fsp3) is 0.571. The third-order valence-electron chi connectivity index (χ3n) is 2.77. The summed E-state index contributed by atoms with van der Waals surface area (Å²) in [6.45, 7) is 9.28. The summed E-state index contributed by atoms with van der Waals surface area (Å²) >= 11 is 5.97. The zero-order valence-electron chi connectivity index (χ0n) is 11.2. The van der Waals surface area contributed by atoms with Crippen molar-refractivity contribution in [2.24, 2.45) is 0 Å². The third-order valence-corrected chi connectivity index (χ3v) is 3.08. The normalized spacial score (nSPS) is 10.9. The third kappa shape index (κ3) is 5.71. The molecule has 0 spiro atoms. The van der Waals surface area contributed by atoms with Gasteiger partial charge < -0.3 is 14.4 Å². The van der Waals surface area contributed by atoms with Crippen molar-refractivity contribution in [1.29, 1.82) is 0 Å². The topological polar surface area (TPSA) is 21.7 Å². The van der Waals surface area contributed by atoms with Crippen LogP contribution in [0.15, 0.2) is 24.3 Å². The fourth-order valence-corrected chi connectivity index (χ4v) is 1.80. The minimum atomic E-state index is 0.530. The van der Waals surface area contributed by atoms with Gasteiger partial charge in [-0.25, -0.2) is 0 Å². The van der Waals surface area contributed by atoms with Crippen LogP contribution >= 0.6 is 11.6 Å². The summed E-state index contributed by atoms with van der Waals surface area (Å²) in [6.07, 6.45) is 0. The molecule has 0 aliphatic rings. The maximum Gasteiger partial charge on any atom is 0.138 e. The number of para-hydroxylation sites is 1. The molecule has 0 aromatic heterocycles. The van der Waals surface area contributed by atoms with Gasteiger partial charge in [0.2, 0.25) is 0 Å². The summed E-state index contributed by atoms with van der Waals surface area (Å²) in [5.74, 6) is 0.714. The van der Waals surface area contributed by atoms with Gasteiger partial charge in [0.15, 0.2) is 0 Å².